The predicted octanol–water partition coefficient (Wildman–Crippen LogP) is 2.41. The summed E-state index contributed by atoms with van der Waals surface area (Å²) in [4.78, 5) is 2.39. The normalized spacial score (nSPS) is 11.4. The van der Waals surface area contributed by atoms with Crippen molar-refractivity contribution in [3.05, 3.63) is 47.8 Å². The summed E-state index contributed by atoms with van der Waals surface area (Å²) in [5.74, 6) is 0. The second-order valence-electron chi connectivity index (χ2n) is 5.22. The lowest BCUT2D eigenvalue weighted by molar-refractivity contribution is 0.201. The molecule has 0 bridgehead atoms. The first kappa shape index (κ1) is 13.6. The molecule has 0 aliphatic heterocycles. The first-order valence-corrected chi connectivity index (χ1v) is 6.61. The molecule has 4 heteroatoms. The summed E-state index contributed by atoms with van der Waals surface area (Å²) in [7, 11) is 1.95. The Bertz CT molecular complexity index is 530. The summed E-state index contributed by atoms with van der Waals surface area (Å²) in [6.45, 7) is 6.15. The zero-order valence-corrected chi connectivity index (χ0v) is 11.9. The van der Waals surface area contributed by atoms with Crippen molar-refractivity contribution in [2.45, 2.75) is 33.0 Å². The third-order valence-electron chi connectivity index (χ3n) is 3.20. The third kappa shape index (κ3) is 3.83. The number of hydrogen-bond donors (Lipinski definition) is 1. The highest BCUT2D eigenvalue weighted by Gasteiger charge is 2.12. The summed E-state index contributed by atoms with van der Waals surface area (Å²) >= 11 is 0. The SMILES string of the molecule is CC(C)N(Cc1cccc(N)c1)Cc1ccn(C)n1. The van der Waals surface area contributed by atoms with Crippen LogP contribution in [0.15, 0.2) is 36.5 Å². The number of anilines is 1. The van der Waals surface area contributed by atoms with Gasteiger partial charge in [0.2, 0.25) is 0 Å². The molecular formula is C15H22N4. The van der Waals surface area contributed by atoms with E-state index in [0.717, 1.165) is 24.5 Å². The molecule has 2 aromatic rings. The van der Waals surface area contributed by atoms with Crippen LogP contribution in [0.1, 0.15) is 25.1 Å². The standard InChI is InChI=1S/C15H22N4/c1-12(2)19(11-15-7-8-18(3)17-15)10-13-5-4-6-14(16)9-13/h4-9,12H,10-11,16H2,1-3H3. The van der Waals surface area contributed by atoms with Crippen molar-refractivity contribution >= 4 is 5.69 Å². The minimum Gasteiger partial charge on any atom is -0.399 e. The van der Waals surface area contributed by atoms with E-state index >= 15 is 0 Å². The minimum atomic E-state index is 0.462. The number of nitrogens with two attached hydrogens (primary N) is 1. The van der Waals surface area contributed by atoms with Gasteiger partial charge in [0.1, 0.15) is 0 Å². The van der Waals surface area contributed by atoms with E-state index in [1.54, 1.807) is 0 Å². The summed E-state index contributed by atoms with van der Waals surface area (Å²) in [5, 5.41) is 4.44. The monoisotopic (exact) mass is 258 g/mol. The predicted molar refractivity (Wildman–Crippen MR) is 78.4 cm³/mol. The number of aromatic nitrogens is 2. The first-order valence-electron chi connectivity index (χ1n) is 6.61. The highest BCUT2D eigenvalue weighted by molar-refractivity contribution is 5.40. The van der Waals surface area contributed by atoms with Gasteiger partial charge in [-0.05, 0) is 37.6 Å². The van der Waals surface area contributed by atoms with Crippen molar-refractivity contribution in [3.8, 4) is 0 Å². The molecular weight excluding hydrogens is 236 g/mol. The van der Waals surface area contributed by atoms with Gasteiger partial charge in [0.05, 0.1) is 5.69 Å². The fraction of sp³-hybridized carbons (Fsp3) is 0.400. The molecule has 0 aliphatic rings. The smallest absolute Gasteiger partial charge is 0.0764 e. The Morgan fingerprint density at radius 2 is 2.05 bits per heavy atom. The van der Waals surface area contributed by atoms with Crippen LogP contribution in [0.2, 0.25) is 0 Å². The number of hydrogen-bond acceptors (Lipinski definition) is 3. The Morgan fingerprint density at radius 3 is 2.63 bits per heavy atom. The summed E-state index contributed by atoms with van der Waals surface area (Å²) in [6.07, 6.45) is 1.98. The number of rotatable bonds is 5. The molecule has 19 heavy (non-hydrogen) atoms. The first-order chi connectivity index (χ1) is 9.04. The second-order valence-corrected chi connectivity index (χ2v) is 5.22. The van der Waals surface area contributed by atoms with Gasteiger partial charge in [-0.15, -0.1) is 0 Å². The molecule has 0 spiro atoms. The Morgan fingerprint density at radius 1 is 1.26 bits per heavy atom. The van der Waals surface area contributed by atoms with Gasteiger partial charge in [-0.1, -0.05) is 12.1 Å². The third-order valence-corrected chi connectivity index (χ3v) is 3.20. The molecule has 2 N–H and O–H groups in total. The Balaban J connectivity index is 2.08. The van der Waals surface area contributed by atoms with Crippen LogP contribution < -0.4 is 5.73 Å². The minimum absolute atomic E-state index is 0.462. The Hall–Kier alpha value is -1.81. The molecule has 0 unspecified atom stereocenters. The van der Waals surface area contributed by atoms with Gasteiger partial charge in [-0.25, -0.2) is 0 Å². The molecule has 2 rings (SSSR count). The van der Waals surface area contributed by atoms with E-state index in [-0.39, 0.29) is 0 Å². The number of nitrogens with zero attached hydrogens (tertiary/aromatic N) is 3. The molecule has 0 saturated carbocycles. The molecule has 1 heterocycles. The van der Waals surface area contributed by atoms with Gasteiger partial charge >= 0.3 is 0 Å². The Labute approximate surface area is 114 Å². The lowest BCUT2D eigenvalue weighted by Gasteiger charge is -2.25. The topological polar surface area (TPSA) is 47.1 Å². The zero-order chi connectivity index (χ0) is 13.8. The average Bonchev–Trinajstić information content (AvgIpc) is 2.74. The van der Waals surface area contributed by atoms with E-state index in [2.05, 4.69) is 36.0 Å². The molecule has 1 aromatic carbocycles. The maximum absolute atomic E-state index is 5.83. The van der Waals surface area contributed by atoms with E-state index in [0.29, 0.717) is 6.04 Å². The fourth-order valence-corrected chi connectivity index (χ4v) is 2.10. The van der Waals surface area contributed by atoms with Crippen LogP contribution in [-0.4, -0.2) is 20.7 Å². The second kappa shape index (κ2) is 5.89. The molecule has 1 aromatic heterocycles. The maximum atomic E-state index is 5.83. The highest BCUT2D eigenvalue weighted by Crippen LogP contribution is 2.14. The van der Waals surface area contributed by atoms with Crippen LogP contribution >= 0.6 is 0 Å². The van der Waals surface area contributed by atoms with Crippen molar-refractivity contribution < 1.29 is 0 Å². The van der Waals surface area contributed by atoms with Crippen LogP contribution in [-0.2, 0) is 20.1 Å². The van der Waals surface area contributed by atoms with Crippen molar-refractivity contribution in [1.82, 2.24) is 14.7 Å². The summed E-state index contributed by atoms with van der Waals surface area (Å²) < 4.78 is 1.84. The van der Waals surface area contributed by atoms with Crippen molar-refractivity contribution in [3.63, 3.8) is 0 Å². The van der Waals surface area contributed by atoms with E-state index in [1.165, 1.54) is 5.56 Å². The molecule has 0 saturated heterocycles. The molecule has 0 amide bonds. The van der Waals surface area contributed by atoms with Gasteiger partial charge in [-0.2, -0.15) is 5.10 Å². The van der Waals surface area contributed by atoms with Gasteiger partial charge in [0.25, 0.3) is 0 Å². The Kier molecular flexibility index (Phi) is 4.22. The molecule has 0 fully saturated rings. The average molecular weight is 258 g/mol. The number of nitrogen functional groups attached to an aromatic ring is 1. The molecule has 4 nitrogen and oxygen atoms in total. The van der Waals surface area contributed by atoms with E-state index in [4.69, 9.17) is 5.73 Å². The summed E-state index contributed by atoms with van der Waals surface area (Å²) in [6, 6.07) is 10.6. The van der Waals surface area contributed by atoms with E-state index in [9.17, 15) is 0 Å². The molecule has 0 radical (unpaired) electrons. The van der Waals surface area contributed by atoms with Gasteiger partial charge in [0, 0.05) is 38.1 Å². The number of aryl methyl sites for hydroxylation is 1. The lowest BCUT2D eigenvalue weighted by atomic mass is 10.1. The van der Waals surface area contributed by atoms with Gasteiger partial charge in [0.15, 0.2) is 0 Å². The van der Waals surface area contributed by atoms with Crippen molar-refractivity contribution in [1.29, 1.82) is 0 Å². The van der Waals surface area contributed by atoms with Crippen molar-refractivity contribution in [2.24, 2.45) is 7.05 Å². The number of benzene rings is 1. The molecule has 0 atom stereocenters. The van der Waals surface area contributed by atoms with Crippen LogP contribution in [0.3, 0.4) is 0 Å². The fourth-order valence-electron chi connectivity index (χ4n) is 2.10. The van der Waals surface area contributed by atoms with Crippen LogP contribution in [0.4, 0.5) is 5.69 Å². The molecule has 0 aliphatic carbocycles. The van der Waals surface area contributed by atoms with Gasteiger partial charge < -0.3 is 5.73 Å². The zero-order valence-electron chi connectivity index (χ0n) is 11.9. The lowest BCUT2D eigenvalue weighted by Crippen LogP contribution is -2.30. The van der Waals surface area contributed by atoms with Crippen molar-refractivity contribution in [2.75, 3.05) is 5.73 Å². The summed E-state index contributed by atoms with van der Waals surface area (Å²) in [5.41, 5.74) is 8.99. The largest absolute Gasteiger partial charge is 0.399 e. The van der Waals surface area contributed by atoms with Crippen LogP contribution in [0.25, 0.3) is 0 Å². The quantitative estimate of drug-likeness (QED) is 0.838. The van der Waals surface area contributed by atoms with E-state index in [1.807, 2.05) is 36.1 Å². The van der Waals surface area contributed by atoms with Crippen LogP contribution in [0, 0.1) is 0 Å². The maximum Gasteiger partial charge on any atom is 0.0764 e. The molecule has 102 valence electrons. The highest BCUT2D eigenvalue weighted by atomic mass is 15.3. The van der Waals surface area contributed by atoms with Gasteiger partial charge in [-0.3, -0.25) is 9.58 Å². The van der Waals surface area contributed by atoms with E-state index < -0.39 is 0 Å². The van der Waals surface area contributed by atoms with Crippen LogP contribution in [0.5, 0.6) is 0 Å².